The number of benzene rings is 2. The van der Waals surface area contributed by atoms with Crippen LogP contribution in [0.15, 0.2) is 108 Å². The molecule has 2 aromatic carbocycles. The molecule has 2 aliphatic heterocycles. The Kier molecular flexibility index (Phi) is 8.60. The van der Waals surface area contributed by atoms with E-state index in [9.17, 15) is 18.0 Å². The molecule has 6 nitrogen and oxygen atoms in total. The van der Waals surface area contributed by atoms with Crippen LogP contribution >= 0.6 is 0 Å². The Labute approximate surface area is 219 Å². The van der Waals surface area contributed by atoms with E-state index in [0.29, 0.717) is 23.5 Å². The van der Waals surface area contributed by atoms with Crippen molar-refractivity contribution in [3.05, 3.63) is 125 Å². The second-order valence-corrected chi connectivity index (χ2v) is 8.71. The summed E-state index contributed by atoms with van der Waals surface area (Å²) < 4.78 is 38.3. The standard InChI is InChI=1S/C29H28F3N5O/c1-20-33-14-3-2-7-24(19-35-20)23-8-4-6-22(16-23)18-36-27-26(9-5-15-34-27)28(38)37-17-21-10-12-25(13-11-21)29(30,31)32/h2-6,8-16,19,27,34-36H,1,7,17-18H2,(H,37,38)/b3-2-,24-19+,33-14-/t27-/m1/s1. The van der Waals surface area contributed by atoms with Crippen molar-refractivity contribution in [3.8, 4) is 0 Å². The quantitative estimate of drug-likeness (QED) is 0.419. The van der Waals surface area contributed by atoms with Gasteiger partial charge in [0, 0.05) is 25.5 Å². The van der Waals surface area contributed by atoms with Gasteiger partial charge >= 0.3 is 6.18 Å². The van der Waals surface area contributed by atoms with Gasteiger partial charge in [0.1, 0.15) is 12.0 Å². The van der Waals surface area contributed by atoms with Crippen molar-refractivity contribution >= 4 is 17.7 Å². The molecule has 9 heteroatoms. The molecule has 0 fully saturated rings. The van der Waals surface area contributed by atoms with Gasteiger partial charge in [0.05, 0.1) is 11.1 Å². The molecule has 0 bridgehead atoms. The molecule has 0 radical (unpaired) electrons. The number of carbonyl (C=O) groups is 1. The van der Waals surface area contributed by atoms with E-state index in [2.05, 4.69) is 38.9 Å². The Bertz CT molecular complexity index is 1320. The van der Waals surface area contributed by atoms with Crippen molar-refractivity contribution in [1.82, 2.24) is 21.3 Å². The van der Waals surface area contributed by atoms with Crippen molar-refractivity contribution < 1.29 is 18.0 Å². The van der Waals surface area contributed by atoms with Gasteiger partial charge in [-0.2, -0.15) is 13.2 Å². The molecule has 0 spiro atoms. The van der Waals surface area contributed by atoms with Crippen molar-refractivity contribution in [2.75, 3.05) is 0 Å². The highest BCUT2D eigenvalue weighted by molar-refractivity contribution is 5.95. The summed E-state index contributed by atoms with van der Waals surface area (Å²) in [7, 11) is 0. The topological polar surface area (TPSA) is 77.5 Å². The number of nitrogens with one attached hydrogen (secondary N) is 4. The van der Waals surface area contributed by atoms with E-state index in [1.54, 1.807) is 24.6 Å². The van der Waals surface area contributed by atoms with Crippen LogP contribution in [-0.4, -0.2) is 18.3 Å². The monoisotopic (exact) mass is 519 g/mol. The molecular weight excluding hydrogens is 491 g/mol. The zero-order chi connectivity index (χ0) is 27.0. The smallest absolute Gasteiger partial charge is 0.372 e. The number of amides is 1. The van der Waals surface area contributed by atoms with Gasteiger partial charge in [-0.3, -0.25) is 10.1 Å². The summed E-state index contributed by atoms with van der Waals surface area (Å²) in [5.74, 6) is 0.239. The van der Waals surface area contributed by atoms with Crippen molar-refractivity contribution in [3.63, 3.8) is 0 Å². The normalized spacial score (nSPS) is 20.4. The van der Waals surface area contributed by atoms with Crippen molar-refractivity contribution in [1.29, 1.82) is 0 Å². The number of halogens is 3. The second-order valence-electron chi connectivity index (χ2n) is 8.71. The van der Waals surface area contributed by atoms with Crippen LogP contribution < -0.4 is 21.3 Å². The number of nitrogens with zero attached hydrogens (tertiary/aromatic N) is 1. The summed E-state index contributed by atoms with van der Waals surface area (Å²) in [6.45, 7) is 4.47. The molecule has 2 aromatic rings. The van der Waals surface area contributed by atoms with Gasteiger partial charge in [-0.05, 0) is 65.2 Å². The number of carbonyl (C=O) groups excluding carboxylic acids is 1. The van der Waals surface area contributed by atoms with Crippen LogP contribution in [0.3, 0.4) is 0 Å². The number of hydrogen-bond acceptors (Lipinski definition) is 5. The first kappa shape index (κ1) is 26.7. The van der Waals surface area contributed by atoms with Crippen LogP contribution in [0.5, 0.6) is 0 Å². The van der Waals surface area contributed by atoms with Crippen LogP contribution in [0.2, 0.25) is 0 Å². The largest absolute Gasteiger partial charge is 0.416 e. The number of aliphatic imine (C=N–C) groups is 1. The molecule has 1 atom stereocenters. The lowest BCUT2D eigenvalue weighted by Crippen LogP contribution is -2.46. The molecule has 4 N–H and O–H groups in total. The van der Waals surface area contributed by atoms with Crippen LogP contribution in [0.4, 0.5) is 13.2 Å². The average molecular weight is 520 g/mol. The Balaban J connectivity index is 1.36. The van der Waals surface area contributed by atoms with E-state index in [0.717, 1.165) is 35.3 Å². The lowest BCUT2D eigenvalue weighted by molar-refractivity contribution is -0.137. The average Bonchev–Trinajstić information content (AvgIpc) is 3.02. The summed E-state index contributed by atoms with van der Waals surface area (Å²) >= 11 is 0. The maximum Gasteiger partial charge on any atom is 0.416 e. The molecule has 0 aliphatic carbocycles. The summed E-state index contributed by atoms with van der Waals surface area (Å²) in [5.41, 5.74) is 3.49. The van der Waals surface area contributed by atoms with Gasteiger partial charge in [-0.15, -0.1) is 0 Å². The molecule has 0 unspecified atom stereocenters. The number of rotatable bonds is 7. The van der Waals surface area contributed by atoms with E-state index < -0.39 is 17.9 Å². The third-order valence-electron chi connectivity index (χ3n) is 5.95. The number of allylic oxidation sites excluding steroid dienone is 5. The SMILES string of the molecule is C=C1/N=C\C=C/C/C(c2cccc(CN[C@H]3NC=CC=C3C(=O)NCc3ccc(C(F)(F)F)cc3)c2)=C\N1. The first-order chi connectivity index (χ1) is 18.3. The summed E-state index contributed by atoms with van der Waals surface area (Å²) in [5, 5.41) is 12.4. The first-order valence-corrected chi connectivity index (χ1v) is 12.0. The molecule has 0 aromatic heterocycles. The van der Waals surface area contributed by atoms with Gasteiger partial charge in [0.2, 0.25) is 0 Å². The van der Waals surface area contributed by atoms with Gasteiger partial charge in [-0.25, -0.2) is 4.99 Å². The highest BCUT2D eigenvalue weighted by Gasteiger charge is 2.30. The molecule has 2 aliphatic rings. The highest BCUT2D eigenvalue weighted by atomic mass is 19.4. The van der Waals surface area contributed by atoms with E-state index >= 15 is 0 Å². The van der Waals surface area contributed by atoms with Gasteiger partial charge in [0.25, 0.3) is 5.91 Å². The molecule has 1 amide bonds. The van der Waals surface area contributed by atoms with Crippen molar-refractivity contribution in [2.24, 2.45) is 4.99 Å². The number of hydrogen-bond donors (Lipinski definition) is 4. The molecule has 4 rings (SSSR count). The third-order valence-corrected chi connectivity index (χ3v) is 5.95. The summed E-state index contributed by atoms with van der Waals surface area (Å²) in [6, 6.07) is 12.8. The molecule has 196 valence electrons. The first-order valence-electron chi connectivity index (χ1n) is 12.0. The maximum absolute atomic E-state index is 12.9. The van der Waals surface area contributed by atoms with Gasteiger partial charge in [0.15, 0.2) is 0 Å². The summed E-state index contributed by atoms with van der Waals surface area (Å²) in [4.78, 5) is 17.1. The predicted octanol–water partition coefficient (Wildman–Crippen LogP) is 4.91. The number of dihydropyridines is 1. The van der Waals surface area contributed by atoms with E-state index in [-0.39, 0.29) is 12.5 Å². The van der Waals surface area contributed by atoms with Crippen LogP contribution in [0.25, 0.3) is 5.57 Å². The second kappa shape index (κ2) is 12.2. The summed E-state index contributed by atoms with van der Waals surface area (Å²) in [6.07, 6.45) is 8.59. The van der Waals surface area contributed by atoms with Crippen LogP contribution in [-0.2, 0) is 24.1 Å². The zero-order valence-electron chi connectivity index (χ0n) is 20.6. The Hall–Kier alpha value is -4.37. The highest BCUT2D eigenvalue weighted by Crippen LogP contribution is 2.29. The molecule has 0 saturated heterocycles. The Morgan fingerprint density at radius 1 is 1.08 bits per heavy atom. The predicted molar refractivity (Wildman–Crippen MR) is 143 cm³/mol. The fourth-order valence-electron chi connectivity index (χ4n) is 3.92. The van der Waals surface area contributed by atoms with Gasteiger partial charge in [-0.1, -0.05) is 49.1 Å². The molecule has 0 saturated carbocycles. The minimum Gasteiger partial charge on any atom is -0.372 e. The minimum atomic E-state index is -4.39. The van der Waals surface area contributed by atoms with Crippen molar-refractivity contribution in [2.45, 2.75) is 31.9 Å². The Morgan fingerprint density at radius 2 is 1.89 bits per heavy atom. The van der Waals surface area contributed by atoms with Crippen LogP contribution in [0.1, 0.15) is 28.7 Å². The lowest BCUT2D eigenvalue weighted by atomic mass is 10.0. The van der Waals surface area contributed by atoms with E-state index in [4.69, 9.17) is 0 Å². The van der Waals surface area contributed by atoms with Crippen LogP contribution in [0, 0.1) is 0 Å². The van der Waals surface area contributed by atoms with E-state index in [1.165, 1.54) is 12.1 Å². The molecular formula is C29H28F3N5O. The number of alkyl halides is 3. The Morgan fingerprint density at radius 3 is 2.68 bits per heavy atom. The fourth-order valence-corrected chi connectivity index (χ4v) is 3.92. The third kappa shape index (κ3) is 7.33. The molecule has 2 heterocycles. The maximum atomic E-state index is 12.9. The molecule has 38 heavy (non-hydrogen) atoms. The fraction of sp³-hybridized carbons (Fsp3) is 0.172. The minimum absolute atomic E-state index is 0.113. The van der Waals surface area contributed by atoms with Gasteiger partial charge < -0.3 is 16.0 Å². The van der Waals surface area contributed by atoms with E-state index in [1.807, 2.05) is 36.6 Å². The zero-order valence-corrected chi connectivity index (χ0v) is 20.6. The lowest BCUT2D eigenvalue weighted by Gasteiger charge is -2.24.